The summed E-state index contributed by atoms with van der Waals surface area (Å²) in [7, 11) is 3.52. The first-order valence-electron chi connectivity index (χ1n) is 7.31. The maximum absolute atomic E-state index is 5.53. The molecule has 6 heteroatoms. The molecule has 1 rings (SSSR count). The van der Waals surface area contributed by atoms with E-state index in [2.05, 4.69) is 53.7 Å². The van der Waals surface area contributed by atoms with Crippen molar-refractivity contribution >= 4 is 17.3 Å². The predicted octanol–water partition coefficient (Wildman–Crippen LogP) is 2.43. The van der Waals surface area contributed by atoms with Gasteiger partial charge in [-0.15, -0.1) is 11.3 Å². The summed E-state index contributed by atoms with van der Waals surface area (Å²) in [5, 5.41) is 9.85. The zero-order chi connectivity index (χ0) is 15.9. The molecule has 120 valence electrons. The van der Waals surface area contributed by atoms with Crippen LogP contribution in [0.3, 0.4) is 0 Å². The van der Waals surface area contributed by atoms with Gasteiger partial charge in [-0.3, -0.25) is 4.99 Å². The van der Waals surface area contributed by atoms with Crippen LogP contribution in [0.5, 0.6) is 0 Å². The number of ether oxygens (including phenoxy) is 1. The minimum Gasteiger partial charge on any atom is -0.379 e. The van der Waals surface area contributed by atoms with Crippen LogP contribution in [-0.2, 0) is 17.7 Å². The number of hydrogen-bond donors (Lipinski definition) is 2. The van der Waals surface area contributed by atoms with Crippen LogP contribution in [0.4, 0.5) is 0 Å². The number of thiazole rings is 1. The van der Waals surface area contributed by atoms with Gasteiger partial charge in [-0.2, -0.15) is 0 Å². The fourth-order valence-corrected chi connectivity index (χ4v) is 2.66. The van der Waals surface area contributed by atoms with E-state index in [-0.39, 0.29) is 11.5 Å². The lowest BCUT2D eigenvalue weighted by Crippen LogP contribution is -2.45. The van der Waals surface area contributed by atoms with Gasteiger partial charge in [0.25, 0.3) is 0 Å². The molecule has 0 amide bonds. The molecule has 0 bridgehead atoms. The summed E-state index contributed by atoms with van der Waals surface area (Å²) in [6, 6.07) is 0. The van der Waals surface area contributed by atoms with Crippen molar-refractivity contribution in [2.45, 2.75) is 46.8 Å². The molecule has 1 aromatic rings. The summed E-state index contributed by atoms with van der Waals surface area (Å²) in [6.07, 6.45) is 1.11. The van der Waals surface area contributed by atoms with Gasteiger partial charge in [-0.05, 0) is 11.8 Å². The van der Waals surface area contributed by atoms with Crippen molar-refractivity contribution < 1.29 is 4.74 Å². The molecule has 1 unspecified atom stereocenters. The summed E-state index contributed by atoms with van der Waals surface area (Å²) >= 11 is 1.70. The second-order valence-corrected chi connectivity index (χ2v) is 6.93. The summed E-state index contributed by atoms with van der Waals surface area (Å²) in [6.45, 7) is 10.0. The molecule has 1 heterocycles. The Labute approximate surface area is 132 Å². The van der Waals surface area contributed by atoms with Crippen LogP contribution >= 0.6 is 11.3 Å². The van der Waals surface area contributed by atoms with Crippen LogP contribution in [-0.4, -0.2) is 37.7 Å². The van der Waals surface area contributed by atoms with Crippen molar-refractivity contribution in [3.8, 4) is 0 Å². The van der Waals surface area contributed by atoms with Crippen molar-refractivity contribution in [2.75, 3.05) is 20.7 Å². The minimum atomic E-state index is 0.0888. The number of methoxy groups -OCH3 is 1. The molecule has 0 aromatic carbocycles. The molecule has 0 spiro atoms. The highest BCUT2D eigenvalue weighted by Crippen LogP contribution is 2.20. The second-order valence-electron chi connectivity index (χ2n) is 5.98. The fraction of sp³-hybridized carbons (Fsp3) is 0.733. The molecule has 0 aliphatic heterocycles. The summed E-state index contributed by atoms with van der Waals surface area (Å²) in [5.41, 5.74) is 1.14. The molecule has 1 aromatic heterocycles. The molecule has 0 aliphatic carbocycles. The van der Waals surface area contributed by atoms with Gasteiger partial charge in [0.05, 0.1) is 23.4 Å². The van der Waals surface area contributed by atoms with Crippen LogP contribution < -0.4 is 10.6 Å². The van der Waals surface area contributed by atoms with Gasteiger partial charge in [0.15, 0.2) is 5.96 Å². The van der Waals surface area contributed by atoms with Crippen LogP contribution in [0, 0.1) is 5.41 Å². The smallest absolute Gasteiger partial charge is 0.191 e. The molecule has 0 radical (unpaired) electrons. The maximum atomic E-state index is 5.53. The lowest BCUT2D eigenvalue weighted by Gasteiger charge is -2.30. The molecule has 0 saturated heterocycles. The average molecular weight is 312 g/mol. The van der Waals surface area contributed by atoms with Gasteiger partial charge in [0, 0.05) is 26.1 Å². The van der Waals surface area contributed by atoms with E-state index in [9.17, 15) is 0 Å². The predicted molar refractivity (Wildman–Crippen MR) is 89.9 cm³/mol. The standard InChI is InChI=1S/C15H28N4OS/c1-7-13-19-11(10-21-13)8-17-14(16-5)18-9-12(20-6)15(2,3)4/h10,12H,7-9H2,1-6H3,(H2,16,17,18). The van der Waals surface area contributed by atoms with Crippen LogP contribution in [0.25, 0.3) is 0 Å². The topological polar surface area (TPSA) is 58.5 Å². The van der Waals surface area contributed by atoms with Crippen LogP contribution in [0.2, 0.25) is 0 Å². The third-order valence-electron chi connectivity index (χ3n) is 3.27. The quantitative estimate of drug-likeness (QED) is 0.626. The summed E-state index contributed by atoms with van der Waals surface area (Å²) < 4.78 is 5.53. The number of guanidine groups is 1. The average Bonchev–Trinajstić information content (AvgIpc) is 2.89. The van der Waals surface area contributed by atoms with Crippen molar-refractivity contribution in [3.63, 3.8) is 0 Å². The molecule has 5 nitrogen and oxygen atoms in total. The number of aliphatic imine (C=N–C) groups is 1. The third kappa shape index (κ3) is 6.01. The Bertz CT molecular complexity index is 451. The molecular weight excluding hydrogens is 284 g/mol. The van der Waals surface area contributed by atoms with E-state index in [0.29, 0.717) is 6.54 Å². The van der Waals surface area contributed by atoms with Gasteiger partial charge < -0.3 is 15.4 Å². The van der Waals surface area contributed by atoms with Gasteiger partial charge in [0.2, 0.25) is 0 Å². The number of rotatable bonds is 6. The number of aromatic nitrogens is 1. The van der Waals surface area contributed by atoms with Crippen LogP contribution in [0.15, 0.2) is 10.4 Å². The maximum Gasteiger partial charge on any atom is 0.191 e. The number of hydrogen-bond acceptors (Lipinski definition) is 4. The van der Waals surface area contributed by atoms with E-state index in [1.165, 1.54) is 5.01 Å². The fourth-order valence-electron chi connectivity index (χ4n) is 1.92. The number of aryl methyl sites for hydroxylation is 1. The Morgan fingerprint density at radius 1 is 1.43 bits per heavy atom. The molecule has 0 fully saturated rings. The van der Waals surface area contributed by atoms with E-state index >= 15 is 0 Å². The Morgan fingerprint density at radius 2 is 2.14 bits per heavy atom. The number of nitrogens with one attached hydrogen (secondary N) is 2. The normalized spacial score (nSPS) is 14.1. The molecule has 21 heavy (non-hydrogen) atoms. The highest BCUT2D eigenvalue weighted by Gasteiger charge is 2.24. The molecule has 1 atom stereocenters. The highest BCUT2D eigenvalue weighted by molar-refractivity contribution is 7.09. The highest BCUT2D eigenvalue weighted by atomic mass is 32.1. The largest absolute Gasteiger partial charge is 0.379 e. The molecule has 2 N–H and O–H groups in total. The van der Waals surface area contributed by atoms with E-state index in [0.717, 1.165) is 24.6 Å². The third-order valence-corrected chi connectivity index (χ3v) is 4.31. The number of nitrogens with zero attached hydrogens (tertiary/aromatic N) is 2. The summed E-state index contributed by atoms with van der Waals surface area (Å²) in [5.74, 6) is 0.771. The van der Waals surface area contributed by atoms with Gasteiger partial charge in [-0.25, -0.2) is 4.98 Å². The summed E-state index contributed by atoms with van der Waals surface area (Å²) in [4.78, 5) is 8.77. The van der Waals surface area contributed by atoms with E-state index in [1.54, 1.807) is 25.5 Å². The van der Waals surface area contributed by atoms with Gasteiger partial charge in [0.1, 0.15) is 0 Å². The van der Waals surface area contributed by atoms with Gasteiger partial charge >= 0.3 is 0 Å². The second kappa shape index (κ2) is 8.34. The van der Waals surface area contributed by atoms with Crippen molar-refractivity contribution in [2.24, 2.45) is 10.4 Å². The minimum absolute atomic E-state index is 0.0888. The zero-order valence-corrected chi connectivity index (χ0v) is 14.8. The lowest BCUT2D eigenvalue weighted by molar-refractivity contribution is 0.0205. The van der Waals surface area contributed by atoms with Crippen molar-refractivity contribution in [1.82, 2.24) is 15.6 Å². The molecular formula is C15H28N4OS. The van der Waals surface area contributed by atoms with Crippen molar-refractivity contribution in [1.29, 1.82) is 0 Å². The van der Waals surface area contributed by atoms with Gasteiger partial charge in [-0.1, -0.05) is 27.7 Å². The Balaban J connectivity index is 2.45. The first-order valence-corrected chi connectivity index (χ1v) is 8.19. The van der Waals surface area contributed by atoms with E-state index in [4.69, 9.17) is 4.74 Å². The first-order chi connectivity index (χ1) is 9.90. The van der Waals surface area contributed by atoms with Crippen molar-refractivity contribution in [3.05, 3.63) is 16.1 Å². The Kier molecular flexibility index (Phi) is 7.11. The van der Waals surface area contributed by atoms with E-state index in [1.807, 2.05) is 0 Å². The molecule has 0 saturated carbocycles. The Hall–Kier alpha value is -1.14. The monoisotopic (exact) mass is 312 g/mol. The zero-order valence-electron chi connectivity index (χ0n) is 14.0. The first kappa shape index (κ1) is 17.9. The Morgan fingerprint density at radius 3 is 2.62 bits per heavy atom. The molecule has 0 aliphatic rings. The van der Waals surface area contributed by atoms with Crippen LogP contribution in [0.1, 0.15) is 38.4 Å². The van der Waals surface area contributed by atoms with E-state index < -0.39 is 0 Å². The SMILES string of the molecule is CCc1nc(CNC(=NC)NCC(OC)C(C)(C)C)cs1. The lowest BCUT2D eigenvalue weighted by atomic mass is 9.89.